The highest BCUT2D eigenvalue weighted by Gasteiger charge is 2.29. The van der Waals surface area contributed by atoms with Gasteiger partial charge in [-0.3, -0.25) is 9.59 Å². The lowest BCUT2D eigenvalue weighted by atomic mass is 10.1. The predicted octanol–water partition coefficient (Wildman–Crippen LogP) is 2.89. The van der Waals surface area contributed by atoms with Crippen LogP contribution in [-0.2, 0) is 11.0 Å². The van der Waals surface area contributed by atoms with E-state index in [0.29, 0.717) is 11.1 Å². The molecule has 2 amide bonds. The van der Waals surface area contributed by atoms with Gasteiger partial charge in [0, 0.05) is 5.56 Å². The summed E-state index contributed by atoms with van der Waals surface area (Å²) in [7, 11) is 0. The molecule has 0 atom stereocenters. The number of nitrogens with zero attached hydrogens (tertiary/aromatic N) is 1. The van der Waals surface area contributed by atoms with Crippen molar-refractivity contribution in [3.63, 3.8) is 0 Å². The van der Waals surface area contributed by atoms with Crippen LogP contribution in [0.25, 0.3) is 0 Å². The predicted molar refractivity (Wildman–Crippen MR) is 90.7 cm³/mol. The Morgan fingerprint density at radius 1 is 1.12 bits per heavy atom. The average Bonchev–Trinajstić information content (AvgIpc) is 2.59. The van der Waals surface area contributed by atoms with Gasteiger partial charge in [0.1, 0.15) is 0 Å². The molecule has 0 saturated carbocycles. The molecule has 0 unspecified atom stereocenters. The van der Waals surface area contributed by atoms with Crippen LogP contribution in [0.4, 0.5) is 13.2 Å². The normalized spacial score (nSPS) is 11.4. The summed E-state index contributed by atoms with van der Waals surface area (Å²) < 4.78 is 37.3. The van der Waals surface area contributed by atoms with Crippen molar-refractivity contribution >= 4 is 18.0 Å². The highest BCUT2D eigenvalue weighted by atomic mass is 19.4. The van der Waals surface area contributed by atoms with Crippen molar-refractivity contribution < 1.29 is 22.8 Å². The third-order valence-electron chi connectivity index (χ3n) is 3.33. The number of carbonyl (C=O) groups excluding carboxylic acids is 2. The van der Waals surface area contributed by atoms with Crippen LogP contribution < -0.4 is 10.7 Å². The van der Waals surface area contributed by atoms with Gasteiger partial charge in [-0.2, -0.15) is 18.3 Å². The molecule has 0 fully saturated rings. The minimum Gasteiger partial charge on any atom is -0.343 e. The second-order valence-electron chi connectivity index (χ2n) is 5.47. The van der Waals surface area contributed by atoms with E-state index in [4.69, 9.17) is 0 Å². The van der Waals surface area contributed by atoms with Gasteiger partial charge in [0.05, 0.1) is 18.3 Å². The van der Waals surface area contributed by atoms with Crippen molar-refractivity contribution in [3.05, 3.63) is 70.8 Å². The van der Waals surface area contributed by atoms with Gasteiger partial charge >= 0.3 is 6.18 Å². The molecule has 2 N–H and O–H groups in total. The molecule has 0 radical (unpaired) electrons. The number of aryl methyl sites for hydroxylation is 1. The Hall–Kier alpha value is -3.16. The van der Waals surface area contributed by atoms with Crippen LogP contribution >= 0.6 is 0 Å². The average molecular weight is 363 g/mol. The Morgan fingerprint density at radius 3 is 2.42 bits per heavy atom. The Labute approximate surface area is 147 Å². The Balaban J connectivity index is 1.81. The zero-order chi connectivity index (χ0) is 19.2. The number of hydrogen-bond acceptors (Lipinski definition) is 3. The Kier molecular flexibility index (Phi) is 6.11. The summed E-state index contributed by atoms with van der Waals surface area (Å²) in [5, 5.41) is 6.09. The molecule has 2 rings (SSSR count). The smallest absolute Gasteiger partial charge is 0.343 e. The summed E-state index contributed by atoms with van der Waals surface area (Å²) in [6.45, 7) is 1.57. The maximum Gasteiger partial charge on any atom is 0.416 e. The molecule has 8 heteroatoms. The standard InChI is InChI=1S/C18H16F3N3O2/c1-12-3-2-4-14(9-12)17(26)22-11-16(25)24-23-10-13-5-7-15(8-6-13)18(19,20)21/h2-10H,11H2,1H3,(H,22,26)(H,24,25)/b23-10-. The highest BCUT2D eigenvalue weighted by Crippen LogP contribution is 2.28. The molecule has 0 spiro atoms. The number of benzene rings is 2. The molecule has 0 aliphatic rings. The summed E-state index contributed by atoms with van der Waals surface area (Å²) in [6, 6.07) is 11.2. The van der Waals surface area contributed by atoms with Crippen molar-refractivity contribution in [3.8, 4) is 0 Å². The second kappa shape index (κ2) is 8.28. The van der Waals surface area contributed by atoms with Crippen LogP contribution in [0.15, 0.2) is 53.6 Å². The molecule has 0 aromatic heterocycles. The van der Waals surface area contributed by atoms with Crippen LogP contribution in [0, 0.1) is 6.92 Å². The van der Waals surface area contributed by atoms with Crippen LogP contribution in [0.5, 0.6) is 0 Å². The largest absolute Gasteiger partial charge is 0.416 e. The lowest BCUT2D eigenvalue weighted by molar-refractivity contribution is -0.137. The maximum atomic E-state index is 12.4. The van der Waals surface area contributed by atoms with Gasteiger partial charge in [0.15, 0.2) is 0 Å². The number of carbonyl (C=O) groups is 2. The first-order valence-corrected chi connectivity index (χ1v) is 7.60. The van der Waals surface area contributed by atoms with Crippen molar-refractivity contribution in [1.29, 1.82) is 0 Å². The fourth-order valence-corrected chi connectivity index (χ4v) is 2.03. The molecule has 136 valence electrons. The van der Waals surface area contributed by atoms with Crippen LogP contribution in [0.2, 0.25) is 0 Å². The minimum absolute atomic E-state index is 0.281. The van der Waals surface area contributed by atoms with Crippen molar-refractivity contribution in [2.45, 2.75) is 13.1 Å². The summed E-state index contributed by atoms with van der Waals surface area (Å²) in [4.78, 5) is 23.5. The van der Waals surface area contributed by atoms with E-state index in [-0.39, 0.29) is 6.54 Å². The van der Waals surface area contributed by atoms with E-state index in [1.807, 2.05) is 13.0 Å². The topological polar surface area (TPSA) is 70.6 Å². The van der Waals surface area contributed by atoms with E-state index >= 15 is 0 Å². The molecular formula is C18H16F3N3O2. The zero-order valence-electron chi connectivity index (χ0n) is 13.8. The molecule has 2 aromatic rings. The third-order valence-corrected chi connectivity index (χ3v) is 3.33. The monoisotopic (exact) mass is 363 g/mol. The van der Waals surface area contributed by atoms with Gasteiger partial charge in [0.25, 0.3) is 11.8 Å². The van der Waals surface area contributed by atoms with Crippen LogP contribution in [0.1, 0.15) is 27.0 Å². The van der Waals surface area contributed by atoms with Crippen molar-refractivity contribution in [2.75, 3.05) is 6.54 Å². The number of rotatable bonds is 5. The number of alkyl halides is 3. The highest BCUT2D eigenvalue weighted by molar-refractivity contribution is 5.96. The lowest BCUT2D eigenvalue weighted by Crippen LogP contribution is -2.34. The number of hydrogen-bond donors (Lipinski definition) is 2. The lowest BCUT2D eigenvalue weighted by Gasteiger charge is -2.06. The first kappa shape index (κ1) is 19.2. The summed E-state index contributed by atoms with van der Waals surface area (Å²) >= 11 is 0. The molecule has 5 nitrogen and oxygen atoms in total. The van der Waals surface area contributed by atoms with Gasteiger partial charge in [-0.15, -0.1) is 0 Å². The molecule has 26 heavy (non-hydrogen) atoms. The third kappa shape index (κ3) is 5.73. The molecule has 0 saturated heterocycles. The van der Waals surface area contributed by atoms with E-state index in [9.17, 15) is 22.8 Å². The number of hydrazone groups is 1. The van der Waals surface area contributed by atoms with Gasteiger partial charge in [-0.05, 0) is 36.8 Å². The quantitative estimate of drug-likeness (QED) is 0.633. The number of halogens is 3. The summed E-state index contributed by atoms with van der Waals surface area (Å²) in [5.74, 6) is -0.954. The molecule has 0 aliphatic carbocycles. The Bertz CT molecular complexity index is 815. The van der Waals surface area contributed by atoms with Crippen LogP contribution in [-0.4, -0.2) is 24.6 Å². The van der Waals surface area contributed by atoms with E-state index in [1.165, 1.54) is 18.3 Å². The van der Waals surface area contributed by atoms with Crippen molar-refractivity contribution in [2.24, 2.45) is 5.10 Å². The number of amides is 2. The first-order chi connectivity index (χ1) is 12.3. The van der Waals surface area contributed by atoms with E-state index in [2.05, 4.69) is 15.8 Å². The van der Waals surface area contributed by atoms with Gasteiger partial charge in [-0.25, -0.2) is 5.43 Å². The van der Waals surface area contributed by atoms with Crippen molar-refractivity contribution in [1.82, 2.24) is 10.7 Å². The second-order valence-corrected chi connectivity index (χ2v) is 5.47. The molecular weight excluding hydrogens is 347 g/mol. The van der Waals surface area contributed by atoms with E-state index < -0.39 is 23.6 Å². The van der Waals surface area contributed by atoms with Crippen LogP contribution in [0.3, 0.4) is 0 Å². The zero-order valence-corrected chi connectivity index (χ0v) is 13.8. The van der Waals surface area contributed by atoms with E-state index in [0.717, 1.165) is 17.7 Å². The van der Waals surface area contributed by atoms with Gasteiger partial charge < -0.3 is 5.32 Å². The number of nitrogens with one attached hydrogen (secondary N) is 2. The SMILES string of the molecule is Cc1cccc(C(=O)NCC(=O)N/N=C\c2ccc(C(F)(F)F)cc2)c1. The molecule has 0 aliphatic heterocycles. The fourth-order valence-electron chi connectivity index (χ4n) is 2.03. The molecule has 0 heterocycles. The summed E-state index contributed by atoms with van der Waals surface area (Å²) in [6.07, 6.45) is -3.19. The summed E-state index contributed by atoms with van der Waals surface area (Å²) in [5.41, 5.74) is 3.17. The molecule has 2 aromatic carbocycles. The maximum absolute atomic E-state index is 12.4. The Morgan fingerprint density at radius 2 is 1.81 bits per heavy atom. The van der Waals surface area contributed by atoms with Gasteiger partial charge in [0.2, 0.25) is 0 Å². The van der Waals surface area contributed by atoms with E-state index in [1.54, 1.807) is 18.2 Å². The first-order valence-electron chi connectivity index (χ1n) is 7.60. The molecule has 0 bridgehead atoms. The van der Waals surface area contributed by atoms with Gasteiger partial charge in [-0.1, -0.05) is 29.8 Å². The fraction of sp³-hybridized carbons (Fsp3) is 0.167. The minimum atomic E-state index is -4.40.